The van der Waals surface area contributed by atoms with Crippen molar-refractivity contribution in [3.05, 3.63) is 22.8 Å². The number of ether oxygens (including phenoxy) is 1. The molecule has 0 radical (unpaired) electrons. The highest BCUT2D eigenvalue weighted by Crippen LogP contribution is 2.34. The van der Waals surface area contributed by atoms with Gasteiger partial charge in [0.15, 0.2) is 11.5 Å². The first-order valence-electron chi connectivity index (χ1n) is 5.09. The summed E-state index contributed by atoms with van der Waals surface area (Å²) >= 11 is 0. The lowest BCUT2D eigenvalue weighted by atomic mass is 9.97. The lowest BCUT2D eigenvalue weighted by molar-refractivity contribution is 0.370. The van der Waals surface area contributed by atoms with Crippen LogP contribution in [0.3, 0.4) is 0 Å². The molecule has 1 aromatic carbocycles. The summed E-state index contributed by atoms with van der Waals surface area (Å²) in [5, 5.41) is 9.78. The van der Waals surface area contributed by atoms with Gasteiger partial charge in [0.2, 0.25) is 0 Å². The van der Waals surface area contributed by atoms with E-state index in [4.69, 9.17) is 10.5 Å². The summed E-state index contributed by atoms with van der Waals surface area (Å²) in [6, 6.07) is 1.97. The van der Waals surface area contributed by atoms with Crippen molar-refractivity contribution in [2.75, 3.05) is 7.11 Å². The van der Waals surface area contributed by atoms with Gasteiger partial charge in [-0.1, -0.05) is 0 Å². The topological polar surface area (TPSA) is 55.5 Å². The van der Waals surface area contributed by atoms with Gasteiger partial charge < -0.3 is 15.6 Å². The van der Waals surface area contributed by atoms with Gasteiger partial charge in [-0.3, -0.25) is 0 Å². The Hall–Kier alpha value is -1.22. The number of nitrogens with two attached hydrogens (primary N) is 1. The maximum atomic E-state index is 9.78. The van der Waals surface area contributed by atoms with Gasteiger partial charge >= 0.3 is 0 Å². The fraction of sp³-hybridized carbons (Fsp3) is 0.500. The summed E-state index contributed by atoms with van der Waals surface area (Å²) in [6.07, 6.45) is 0.795. The van der Waals surface area contributed by atoms with E-state index in [1.165, 1.54) is 0 Å². The minimum absolute atomic E-state index is 0.109. The van der Waals surface area contributed by atoms with Crippen LogP contribution in [0.15, 0.2) is 6.07 Å². The van der Waals surface area contributed by atoms with Crippen molar-refractivity contribution < 1.29 is 9.84 Å². The molecule has 1 aromatic rings. The highest BCUT2D eigenvalue weighted by atomic mass is 16.5. The summed E-state index contributed by atoms with van der Waals surface area (Å²) in [7, 11) is 1.56. The molecule has 0 aliphatic rings. The molecule has 84 valence electrons. The van der Waals surface area contributed by atoms with Gasteiger partial charge in [0.1, 0.15) is 0 Å². The SMILES string of the molecule is COc1cc(CC(C)N)c(C)c(C)c1O. The molecule has 1 unspecified atom stereocenters. The number of phenols is 1. The number of hydrogen-bond acceptors (Lipinski definition) is 3. The second-order valence-electron chi connectivity index (χ2n) is 4.02. The van der Waals surface area contributed by atoms with Crippen LogP contribution in [0.2, 0.25) is 0 Å². The Labute approximate surface area is 90.9 Å². The first-order valence-corrected chi connectivity index (χ1v) is 5.09. The van der Waals surface area contributed by atoms with Crippen LogP contribution in [0.25, 0.3) is 0 Å². The first-order chi connectivity index (χ1) is 6.97. The molecule has 0 aromatic heterocycles. The number of benzene rings is 1. The predicted molar refractivity (Wildman–Crippen MR) is 61.5 cm³/mol. The molecule has 1 atom stereocenters. The molecule has 1 rings (SSSR count). The minimum Gasteiger partial charge on any atom is -0.504 e. The van der Waals surface area contributed by atoms with Gasteiger partial charge in [-0.2, -0.15) is 0 Å². The second kappa shape index (κ2) is 4.53. The monoisotopic (exact) mass is 209 g/mol. The van der Waals surface area contributed by atoms with E-state index in [0.717, 1.165) is 23.1 Å². The molecule has 0 spiro atoms. The van der Waals surface area contributed by atoms with Crippen molar-refractivity contribution >= 4 is 0 Å². The number of phenolic OH excluding ortho intramolecular Hbond substituents is 1. The molecule has 3 nitrogen and oxygen atoms in total. The van der Waals surface area contributed by atoms with Gasteiger partial charge in [0.25, 0.3) is 0 Å². The molecule has 0 bridgehead atoms. The molecule has 0 saturated carbocycles. The number of aromatic hydroxyl groups is 1. The molecule has 15 heavy (non-hydrogen) atoms. The molecule has 0 heterocycles. The van der Waals surface area contributed by atoms with Gasteiger partial charge in [-0.25, -0.2) is 0 Å². The summed E-state index contributed by atoms with van der Waals surface area (Å²) in [6.45, 7) is 5.85. The number of rotatable bonds is 3. The Morgan fingerprint density at radius 1 is 1.40 bits per heavy atom. The van der Waals surface area contributed by atoms with Crippen LogP contribution in [0.5, 0.6) is 11.5 Å². The van der Waals surface area contributed by atoms with E-state index in [9.17, 15) is 5.11 Å². The van der Waals surface area contributed by atoms with Crippen LogP contribution in [0, 0.1) is 13.8 Å². The van der Waals surface area contributed by atoms with Crippen LogP contribution in [0.1, 0.15) is 23.6 Å². The van der Waals surface area contributed by atoms with Crippen molar-refractivity contribution in [3.63, 3.8) is 0 Å². The van der Waals surface area contributed by atoms with Crippen molar-refractivity contribution in [1.82, 2.24) is 0 Å². The fourth-order valence-corrected chi connectivity index (χ4v) is 1.65. The van der Waals surface area contributed by atoms with Crippen LogP contribution in [0.4, 0.5) is 0 Å². The van der Waals surface area contributed by atoms with Crippen LogP contribution < -0.4 is 10.5 Å². The van der Waals surface area contributed by atoms with Crippen molar-refractivity contribution in [2.24, 2.45) is 5.73 Å². The Morgan fingerprint density at radius 2 is 2.00 bits per heavy atom. The van der Waals surface area contributed by atoms with Crippen LogP contribution >= 0.6 is 0 Å². The van der Waals surface area contributed by atoms with E-state index in [1.54, 1.807) is 7.11 Å². The quantitative estimate of drug-likeness (QED) is 0.799. The molecule has 0 amide bonds. The van der Waals surface area contributed by atoms with E-state index >= 15 is 0 Å². The lowest BCUT2D eigenvalue weighted by Gasteiger charge is -2.15. The van der Waals surface area contributed by atoms with Gasteiger partial charge in [0, 0.05) is 6.04 Å². The van der Waals surface area contributed by atoms with E-state index in [0.29, 0.717) is 5.75 Å². The molecule has 3 heteroatoms. The highest BCUT2D eigenvalue weighted by Gasteiger charge is 2.12. The van der Waals surface area contributed by atoms with Crippen molar-refractivity contribution in [1.29, 1.82) is 0 Å². The average Bonchev–Trinajstić information content (AvgIpc) is 2.18. The van der Waals surface area contributed by atoms with E-state index in [2.05, 4.69) is 0 Å². The Kier molecular flexibility index (Phi) is 3.58. The van der Waals surface area contributed by atoms with Crippen LogP contribution in [-0.2, 0) is 6.42 Å². The molecule has 0 aliphatic carbocycles. The largest absolute Gasteiger partial charge is 0.504 e. The zero-order chi connectivity index (χ0) is 11.6. The van der Waals surface area contributed by atoms with Gasteiger partial charge in [-0.05, 0) is 49.9 Å². The first kappa shape index (κ1) is 11.9. The van der Waals surface area contributed by atoms with E-state index in [1.807, 2.05) is 26.8 Å². The highest BCUT2D eigenvalue weighted by molar-refractivity contribution is 5.52. The number of methoxy groups -OCH3 is 1. The predicted octanol–water partition coefficient (Wildman–Crippen LogP) is 1.91. The summed E-state index contributed by atoms with van der Waals surface area (Å²) in [5.41, 5.74) is 8.86. The Balaban J connectivity index is 3.22. The van der Waals surface area contributed by atoms with Gasteiger partial charge in [0.05, 0.1) is 7.11 Å². The third-order valence-electron chi connectivity index (χ3n) is 2.70. The standard InChI is InChI=1S/C12H19NO2/c1-7(13)5-10-6-11(15-4)12(14)9(3)8(10)2/h6-7,14H,5,13H2,1-4H3. The maximum Gasteiger partial charge on any atom is 0.161 e. The zero-order valence-corrected chi connectivity index (χ0v) is 9.79. The molecule has 0 saturated heterocycles. The number of hydrogen-bond donors (Lipinski definition) is 2. The molecular weight excluding hydrogens is 190 g/mol. The lowest BCUT2D eigenvalue weighted by Crippen LogP contribution is -2.18. The molecular formula is C12H19NO2. The van der Waals surface area contributed by atoms with E-state index < -0.39 is 0 Å². The Morgan fingerprint density at radius 3 is 2.47 bits per heavy atom. The zero-order valence-electron chi connectivity index (χ0n) is 9.79. The fourth-order valence-electron chi connectivity index (χ4n) is 1.65. The molecule has 3 N–H and O–H groups in total. The third kappa shape index (κ3) is 2.42. The summed E-state index contributed by atoms with van der Waals surface area (Å²) in [4.78, 5) is 0. The molecule has 0 aliphatic heterocycles. The summed E-state index contributed by atoms with van der Waals surface area (Å²) < 4.78 is 5.11. The maximum absolute atomic E-state index is 9.78. The van der Waals surface area contributed by atoms with Crippen molar-refractivity contribution in [3.8, 4) is 11.5 Å². The smallest absolute Gasteiger partial charge is 0.161 e. The summed E-state index contributed by atoms with van der Waals surface area (Å²) in [5.74, 6) is 0.747. The second-order valence-corrected chi connectivity index (χ2v) is 4.02. The molecule has 0 fully saturated rings. The van der Waals surface area contributed by atoms with Crippen LogP contribution in [-0.4, -0.2) is 18.3 Å². The Bertz CT molecular complexity index is 359. The average molecular weight is 209 g/mol. The van der Waals surface area contributed by atoms with E-state index in [-0.39, 0.29) is 11.8 Å². The third-order valence-corrected chi connectivity index (χ3v) is 2.70. The normalized spacial score (nSPS) is 12.6. The van der Waals surface area contributed by atoms with Crippen molar-refractivity contribution in [2.45, 2.75) is 33.2 Å². The minimum atomic E-state index is 0.109. The van der Waals surface area contributed by atoms with Gasteiger partial charge in [-0.15, -0.1) is 0 Å².